The van der Waals surface area contributed by atoms with E-state index in [2.05, 4.69) is 0 Å². The molecule has 0 aromatic heterocycles. The summed E-state index contributed by atoms with van der Waals surface area (Å²) >= 11 is 0. The smallest absolute Gasteiger partial charge is 0.237 e. The lowest BCUT2D eigenvalue weighted by atomic mass is 10.2. The molecule has 0 aliphatic heterocycles. The normalized spacial score (nSPS) is 11.9. The van der Waals surface area contributed by atoms with Gasteiger partial charge in [-0.3, -0.25) is 4.79 Å². The van der Waals surface area contributed by atoms with Crippen LogP contribution in [0.15, 0.2) is 30.3 Å². The second kappa shape index (κ2) is 9.00. The number of carbonyl (C=O) groups excluding carboxylic acids is 1. The Bertz CT molecular complexity index is 588. The zero-order chi connectivity index (χ0) is 17.5. The Morgan fingerprint density at radius 3 is 2.17 bits per heavy atom. The Morgan fingerprint density at radius 1 is 1.04 bits per heavy atom. The lowest BCUT2D eigenvalue weighted by Crippen LogP contribution is -2.41. The Labute approximate surface area is 139 Å². The summed E-state index contributed by atoms with van der Waals surface area (Å²) < 4.78 is 25.0. The molecule has 0 unspecified atom stereocenters. The number of nitrogens with zero attached hydrogens (tertiary/aromatic N) is 3. The number of likely N-dealkylation sites (N-methyl/N-ethyl adjacent to an activating group) is 1. The minimum absolute atomic E-state index is 0.115. The summed E-state index contributed by atoms with van der Waals surface area (Å²) in [6, 6.07) is 9.63. The van der Waals surface area contributed by atoms with Gasteiger partial charge in [0.05, 0.1) is 12.8 Å². The van der Waals surface area contributed by atoms with Crippen LogP contribution < -0.4 is 0 Å². The first-order chi connectivity index (χ1) is 10.7. The van der Waals surface area contributed by atoms with Gasteiger partial charge in [-0.2, -0.15) is 4.31 Å². The fraction of sp³-hybridized carbons (Fsp3) is 0.562. The van der Waals surface area contributed by atoms with E-state index in [1.54, 1.807) is 11.9 Å². The van der Waals surface area contributed by atoms with E-state index in [4.69, 9.17) is 0 Å². The van der Waals surface area contributed by atoms with Gasteiger partial charge in [-0.15, -0.1) is 0 Å². The van der Waals surface area contributed by atoms with Crippen molar-refractivity contribution >= 4 is 15.9 Å². The molecule has 0 atom stereocenters. The molecule has 130 valence electrons. The monoisotopic (exact) mass is 341 g/mol. The van der Waals surface area contributed by atoms with Gasteiger partial charge < -0.3 is 9.80 Å². The van der Waals surface area contributed by atoms with Gasteiger partial charge in [0.2, 0.25) is 15.9 Å². The van der Waals surface area contributed by atoms with Crippen molar-refractivity contribution in [2.75, 3.05) is 47.0 Å². The maximum atomic E-state index is 12.3. The van der Waals surface area contributed by atoms with Gasteiger partial charge in [-0.25, -0.2) is 8.42 Å². The van der Waals surface area contributed by atoms with Crippen molar-refractivity contribution in [3.05, 3.63) is 35.9 Å². The van der Waals surface area contributed by atoms with Gasteiger partial charge >= 0.3 is 0 Å². The molecule has 0 spiro atoms. The number of rotatable bonds is 9. The third-order valence-electron chi connectivity index (χ3n) is 3.48. The van der Waals surface area contributed by atoms with Crippen LogP contribution in [0.4, 0.5) is 0 Å². The number of hydrogen-bond acceptors (Lipinski definition) is 4. The lowest BCUT2D eigenvalue weighted by Gasteiger charge is -2.24. The van der Waals surface area contributed by atoms with Crippen molar-refractivity contribution in [2.45, 2.75) is 13.0 Å². The molecular formula is C16H27N3O3S. The van der Waals surface area contributed by atoms with Crippen LogP contribution >= 0.6 is 0 Å². The molecule has 1 aromatic carbocycles. The predicted molar refractivity (Wildman–Crippen MR) is 92.5 cm³/mol. The second-order valence-electron chi connectivity index (χ2n) is 5.99. The van der Waals surface area contributed by atoms with E-state index in [1.807, 2.05) is 49.3 Å². The summed E-state index contributed by atoms with van der Waals surface area (Å²) in [4.78, 5) is 15.9. The first-order valence-electron chi connectivity index (χ1n) is 7.58. The molecule has 23 heavy (non-hydrogen) atoms. The molecule has 6 nitrogen and oxygen atoms in total. The molecular weight excluding hydrogens is 314 g/mol. The van der Waals surface area contributed by atoms with Crippen LogP contribution in [-0.2, 0) is 21.4 Å². The number of carbonyl (C=O) groups is 1. The number of hydrogen-bond donors (Lipinski definition) is 0. The topological polar surface area (TPSA) is 60.9 Å². The molecule has 0 fully saturated rings. The van der Waals surface area contributed by atoms with Gasteiger partial charge in [0, 0.05) is 20.1 Å². The molecule has 1 rings (SSSR count). The third-order valence-corrected chi connectivity index (χ3v) is 4.73. The highest BCUT2D eigenvalue weighted by Gasteiger charge is 2.21. The Balaban J connectivity index is 2.61. The van der Waals surface area contributed by atoms with E-state index < -0.39 is 10.0 Å². The Morgan fingerprint density at radius 2 is 1.65 bits per heavy atom. The van der Waals surface area contributed by atoms with Crippen LogP contribution in [0.25, 0.3) is 0 Å². The van der Waals surface area contributed by atoms with E-state index in [-0.39, 0.29) is 12.5 Å². The zero-order valence-electron chi connectivity index (χ0n) is 14.4. The fourth-order valence-electron chi connectivity index (χ4n) is 2.14. The molecule has 0 heterocycles. The fourth-order valence-corrected chi connectivity index (χ4v) is 2.95. The molecule has 0 N–H and O–H groups in total. The summed E-state index contributed by atoms with van der Waals surface area (Å²) in [5.41, 5.74) is 1.02. The van der Waals surface area contributed by atoms with E-state index >= 15 is 0 Å². The maximum absolute atomic E-state index is 12.3. The molecule has 1 amide bonds. The summed E-state index contributed by atoms with van der Waals surface area (Å²) in [6.07, 6.45) is 1.84. The van der Waals surface area contributed by atoms with Crippen molar-refractivity contribution in [3.8, 4) is 0 Å². The molecule has 0 saturated carbocycles. The van der Waals surface area contributed by atoms with Crippen molar-refractivity contribution in [2.24, 2.45) is 0 Å². The van der Waals surface area contributed by atoms with Crippen molar-refractivity contribution < 1.29 is 13.2 Å². The number of amides is 1. The maximum Gasteiger partial charge on any atom is 0.237 e. The SMILES string of the molecule is CN(C)CCCN(CC(=O)N(C)Cc1ccccc1)S(C)(=O)=O. The minimum Gasteiger partial charge on any atom is -0.340 e. The number of benzene rings is 1. The van der Waals surface area contributed by atoms with E-state index in [9.17, 15) is 13.2 Å². The van der Waals surface area contributed by atoms with Crippen LogP contribution in [0.1, 0.15) is 12.0 Å². The van der Waals surface area contributed by atoms with Crippen LogP contribution in [0.2, 0.25) is 0 Å². The zero-order valence-corrected chi connectivity index (χ0v) is 15.2. The Kier molecular flexibility index (Phi) is 7.67. The van der Waals surface area contributed by atoms with Crippen LogP contribution in [0.5, 0.6) is 0 Å². The molecule has 7 heteroatoms. The van der Waals surface area contributed by atoms with Crippen molar-refractivity contribution in [1.82, 2.24) is 14.1 Å². The van der Waals surface area contributed by atoms with Crippen molar-refractivity contribution in [3.63, 3.8) is 0 Å². The highest BCUT2D eigenvalue weighted by molar-refractivity contribution is 7.88. The van der Waals surface area contributed by atoms with Gasteiger partial charge in [-0.05, 0) is 32.6 Å². The average molecular weight is 341 g/mol. The van der Waals surface area contributed by atoms with Crippen LogP contribution in [0.3, 0.4) is 0 Å². The average Bonchev–Trinajstić information content (AvgIpc) is 2.45. The van der Waals surface area contributed by atoms with E-state index in [0.29, 0.717) is 19.5 Å². The van der Waals surface area contributed by atoms with Crippen LogP contribution in [-0.4, -0.2) is 75.5 Å². The van der Waals surface area contributed by atoms with E-state index in [0.717, 1.165) is 18.4 Å². The van der Waals surface area contributed by atoms with Gasteiger partial charge in [-0.1, -0.05) is 30.3 Å². The predicted octanol–water partition coefficient (Wildman–Crippen LogP) is 0.858. The first kappa shape index (κ1) is 19.6. The highest BCUT2D eigenvalue weighted by atomic mass is 32.2. The van der Waals surface area contributed by atoms with Crippen LogP contribution in [0, 0.1) is 0 Å². The van der Waals surface area contributed by atoms with E-state index in [1.165, 1.54) is 4.31 Å². The third kappa shape index (κ3) is 7.58. The molecule has 0 saturated heterocycles. The molecule has 0 bridgehead atoms. The minimum atomic E-state index is -3.40. The summed E-state index contributed by atoms with van der Waals surface area (Å²) in [6.45, 7) is 1.48. The number of sulfonamides is 1. The largest absolute Gasteiger partial charge is 0.340 e. The van der Waals surface area contributed by atoms with Gasteiger partial charge in [0.15, 0.2) is 0 Å². The summed E-state index contributed by atoms with van der Waals surface area (Å²) in [5.74, 6) is -0.205. The standard InChI is InChI=1S/C16H27N3O3S/c1-17(2)11-8-12-19(23(4,21)22)14-16(20)18(3)13-15-9-6-5-7-10-15/h5-7,9-10H,8,11-14H2,1-4H3. The van der Waals surface area contributed by atoms with Gasteiger partial charge in [0.1, 0.15) is 0 Å². The molecule has 0 aliphatic carbocycles. The second-order valence-corrected chi connectivity index (χ2v) is 7.97. The molecule has 0 aliphatic rings. The Hall–Kier alpha value is -1.44. The first-order valence-corrected chi connectivity index (χ1v) is 9.42. The summed E-state index contributed by atoms with van der Waals surface area (Å²) in [5, 5.41) is 0. The summed E-state index contributed by atoms with van der Waals surface area (Å²) in [7, 11) is 2.16. The molecule has 1 aromatic rings. The lowest BCUT2D eigenvalue weighted by molar-refractivity contribution is -0.130. The molecule has 0 radical (unpaired) electrons. The highest BCUT2D eigenvalue weighted by Crippen LogP contribution is 2.06. The quantitative estimate of drug-likeness (QED) is 0.668. The van der Waals surface area contributed by atoms with Crippen molar-refractivity contribution in [1.29, 1.82) is 0 Å². The van der Waals surface area contributed by atoms with Gasteiger partial charge in [0.25, 0.3) is 0 Å².